The van der Waals surface area contributed by atoms with Crippen LogP contribution in [0, 0.1) is 0 Å². The van der Waals surface area contributed by atoms with Crippen molar-refractivity contribution in [2.24, 2.45) is 0 Å². The van der Waals surface area contributed by atoms with Crippen molar-refractivity contribution in [1.82, 2.24) is 24.4 Å². The fraction of sp³-hybridized carbons (Fsp3) is 0.400. The molecule has 0 aliphatic carbocycles. The Morgan fingerprint density at radius 2 is 2.03 bits per heavy atom. The standard InChI is InChI=1S/C18H23N5O2S.C2HF3O2/c1-2-26(24,25)21-10-16-13-22(12-15-6-9-20-23(15)16)11-14-4-3-5-18-17(14)7-8-19-18;3-2(4,5)1(6)7/h3-9,16,19,21H,2,10-13H2,1H3;(H,6,7). The Balaban J connectivity index is 0.000000383. The highest BCUT2D eigenvalue weighted by Crippen LogP contribution is 2.25. The van der Waals surface area contributed by atoms with Crippen LogP contribution in [0.5, 0.6) is 0 Å². The minimum Gasteiger partial charge on any atom is -0.475 e. The number of halogens is 3. The van der Waals surface area contributed by atoms with Gasteiger partial charge in [0.05, 0.1) is 17.5 Å². The van der Waals surface area contributed by atoms with Gasteiger partial charge in [-0.1, -0.05) is 12.1 Å². The number of carboxylic acids is 1. The van der Waals surface area contributed by atoms with E-state index < -0.39 is 22.2 Å². The lowest BCUT2D eigenvalue weighted by molar-refractivity contribution is -0.192. The summed E-state index contributed by atoms with van der Waals surface area (Å²) in [7, 11) is -3.22. The van der Waals surface area contributed by atoms with Gasteiger partial charge in [-0.3, -0.25) is 9.58 Å². The number of aromatic amines is 1. The second-order valence-corrected chi connectivity index (χ2v) is 9.60. The molecule has 3 aromatic rings. The van der Waals surface area contributed by atoms with E-state index in [0.29, 0.717) is 6.54 Å². The fourth-order valence-electron chi connectivity index (χ4n) is 3.59. The molecule has 0 saturated heterocycles. The van der Waals surface area contributed by atoms with Gasteiger partial charge in [-0.2, -0.15) is 18.3 Å². The Morgan fingerprint density at radius 3 is 2.70 bits per heavy atom. The Morgan fingerprint density at radius 1 is 1.30 bits per heavy atom. The predicted molar refractivity (Wildman–Crippen MR) is 115 cm³/mol. The summed E-state index contributed by atoms with van der Waals surface area (Å²) in [4.78, 5) is 14.5. The molecule has 1 aliphatic heterocycles. The van der Waals surface area contributed by atoms with E-state index in [2.05, 4.69) is 44.0 Å². The number of aliphatic carboxylic acids is 1. The van der Waals surface area contributed by atoms with Gasteiger partial charge in [0.25, 0.3) is 0 Å². The summed E-state index contributed by atoms with van der Waals surface area (Å²) < 4.78 is 60.0. The number of carbonyl (C=O) groups is 1. The molecule has 4 rings (SSSR count). The fourth-order valence-corrected chi connectivity index (χ4v) is 4.24. The van der Waals surface area contributed by atoms with Crippen molar-refractivity contribution in [3.05, 3.63) is 54.0 Å². The molecule has 3 N–H and O–H groups in total. The first-order valence-electron chi connectivity index (χ1n) is 10.1. The number of alkyl halides is 3. The molecule has 180 valence electrons. The summed E-state index contributed by atoms with van der Waals surface area (Å²) in [6, 6.07) is 10.4. The molecule has 1 aliphatic rings. The van der Waals surface area contributed by atoms with Crippen molar-refractivity contribution >= 4 is 26.9 Å². The van der Waals surface area contributed by atoms with Gasteiger partial charge >= 0.3 is 12.1 Å². The molecule has 0 fully saturated rings. The predicted octanol–water partition coefficient (Wildman–Crippen LogP) is 2.49. The second kappa shape index (κ2) is 9.93. The normalized spacial score (nSPS) is 16.8. The highest BCUT2D eigenvalue weighted by atomic mass is 32.2. The molecule has 1 aromatic carbocycles. The highest BCUT2D eigenvalue weighted by Gasteiger charge is 2.38. The van der Waals surface area contributed by atoms with E-state index in [-0.39, 0.29) is 11.8 Å². The molecule has 13 heteroatoms. The number of fused-ring (bicyclic) bond motifs is 2. The average molecular weight is 488 g/mol. The number of carboxylic acid groups (broad SMARTS) is 1. The molecule has 0 radical (unpaired) electrons. The van der Waals surface area contributed by atoms with E-state index in [9.17, 15) is 21.6 Å². The molecule has 33 heavy (non-hydrogen) atoms. The van der Waals surface area contributed by atoms with E-state index in [4.69, 9.17) is 9.90 Å². The van der Waals surface area contributed by atoms with Crippen molar-refractivity contribution in [3.63, 3.8) is 0 Å². The van der Waals surface area contributed by atoms with Gasteiger partial charge in [0.1, 0.15) is 0 Å². The van der Waals surface area contributed by atoms with Crippen molar-refractivity contribution in [2.45, 2.75) is 32.2 Å². The maximum absolute atomic E-state index is 11.8. The van der Waals surface area contributed by atoms with Crippen molar-refractivity contribution in [2.75, 3.05) is 18.8 Å². The average Bonchev–Trinajstić information content (AvgIpc) is 3.41. The molecule has 9 nitrogen and oxygen atoms in total. The summed E-state index contributed by atoms with van der Waals surface area (Å²) in [5.74, 6) is -2.67. The van der Waals surface area contributed by atoms with Crippen LogP contribution in [0.25, 0.3) is 10.9 Å². The molecule has 2 aromatic heterocycles. The molecule has 0 spiro atoms. The van der Waals surface area contributed by atoms with Gasteiger partial charge in [-0.15, -0.1) is 0 Å². The van der Waals surface area contributed by atoms with E-state index in [0.717, 1.165) is 30.8 Å². The largest absolute Gasteiger partial charge is 0.490 e. The number of nitrogens with zero attached hydrogens (tertiary/aromatic N) is 3. The number of hydrogen-bond acceptors (Lipinski definition) is 5. The lowest BCUT2D eigenvalue weighted by Gasteiger charge is -2.34. The third-order valence-corrected chi connectivity index (χ3v) is 6.56. The smallest absolute Gasteiger partial charge is 0.475 e. The van der Waals surface area contributed by atoms with Gasteiger partial charge < -0.3 is 10.1 Å². The van der Waals surface area contributed by atoms with Crippen LogP contribution in [-0.2, 0) is 27.9 Å². The van der Waals surface area contributed by atoms with Crippen LogP contribution in [-0.4, -0.2) is 64.2 Å². The molecule has 0 saturated carbocycles. The lowest BCUT2D eigenvalue weighted by atomic mass is 10.1. The van der Waals surface area contributed by atoms with Crippen LogP contribution >= 0.6 is 0 Å². The number of hydrogen-bond donors (Lipinski definition) is 3. The van der Waals surface area contributed by atoms with Crippen LogP contribution in [0.4, 0.5) is 13.2 Å². The van der Waals surface area contributed by atoms with Gasteiger partial charge in [0.15, 0.2) is 0 Å². The number of sulfonamides is 1. The van der Waals surface area contributed by atoms with E-state index in [1.165, 1.54) is 10.9 Å². The summed E-state index contributed by atoms with van der Waals surface area (Å²) in [6.45, 7) is 4.37. The van der Waals surface area contributed by atoms with Crippen LogP contribution in [0.15, 0.2) is 42.7 Å². The first kappa shape index (κ1) is 24.7. The van der Waals surface area contributed by atoms with E-state index in [1.807, 2.05) is 16.9 Å². The topological polar surface area (TPSA) is 120 Å². The van der Waals surface area contributed by atoms with Gasteiger partial charge in [0.2, 0.25) is 10.0 Å². The number of rotatable bonds is 6. The Labute approximate surface area is 188 Å². The Bertz CT molecular complexity index is 1210. The zero-order valence-electron chi connectivity index (χ0n) is 17.7. The molecule has 3 heterocycles. The number of benzene rings is 1. The van der Waals surface area contributed by atoms with Crippen LogP contribution in [0.2, 0.25) is 0 Å². The quantitative estimate of drug-likeness (QED) is 0.492. The van der Waals surface area contributed by atoms with E-state index in [1.54, 1.807) is 13.1 Å². The van der Waals surface area contributed by atoms with Crippen molar-refractivity contribution in [3.8, 4) is 0 Å². The number of nitrogens with one attached hydrogen (secondary N) is 2. The van der Waals surface area contributed by atoms with Gasteiger partial charge in [0, 0.05) is 49.5 Å². The Hall–Kier alpha value is -2.90. The molecule has 1 atom stereocenters. The van der Waals surface area contributed by atoms with Crippen LogP contribution in [0.1, 0.15) is 24.2 Å². The third-order valence-electron chi connectivity index (χ3n) is 5.19. The summed E-state index contributed by atoms with van der Waals surface area (Å²) in [5.41, 5.74) is 3.51. The lowest BCUT2D eigenvalue weighted by Crippen LogP contribution is -2.42. The van der Waals surface area contributed by atoms with E-state index >= 15 is 0 Å². The van der Waals surface area contributed by atoms with Gasteiger partial charge in [-0.25, -0.2) is 17.9 Å². The second-order valence-electron chi connectivity index (χ2n) is 7.50. The maximum Gasteiger partial charge on any atom is 0.490 e. The first-order valence-corrected chi connectivity index (χ1v) is 11.7. The van der Waals surface area contributed by atoms with Crippen LogP contribution < -0.4 is 4.72 Å². The minimum atomic E-state index is -5.08. The summed E-state index contributed by atoms with van der Waals surface area (Å²) >= 11 is 0. The monoisotopic (exact) mass is 487 g/mol. The minimum absolute atomic E-state index is 0.0134. The zero-order chi connectivity index (χ0) is 24.2. The molecule has 0 bridgehead atoms. The van der Waals surface area contributed by atoms with Crippen LogP contribution in [0.3, 0.4) is 0 Å². The van der Waals surface area contributed by atoms with Gasteiger partial charge in [-0.05, 0) is 30.7 Å². The Kier molecular flexibility index (Phi) is 7.44. The molecule has 1 unspecified atom stereocenters. The molecular weight excluding hydrogens is 463 g/mol. The SMILES string of the molecule is CCS(=O)(=O)NCC1CN(Cc2cccc3[nH]ccc23)Cc2ccnn21.O=C(O)C(F)(F)F. The van der Waals surface area contributed by atoms with Crippen molar-refractivity contribution in [1.29, 1.82) is 0 Å². The maximum atomic E-state index is 11.8. The summed E-state index contributed by atoms with van der Waals surface area (Å²) in [5, 5.41) is 12.8. The number of H-pyrrole nitrogens is 1. The first-order chi connectivity index (χ1) is 15.5. The molecular formula is C20H24F3N5O4S. The molecule has 0 amide bonds. The summed E-state index contributed by atoms with van der Waals surface area (Å²) in [6.07, 6.45) is -1.34. The highest BCUT2D eigenvalue weighted by molar-refractivity contribution is 7.89. The number of aromatic nitrogens is 3. The zero-order valence-corrected chi connectivity index (χ0v) is 18.5. The van der Waals surface area contributed by atoms with Crippen molar-refractivity contribution < 1.29 is 31.5 Å². The third kappa shape index (κ3) is 6.33.